The summed E-state index contributed by atoms with van der Waals surface area (Å²) in [6.07, 6.45) is 0.503. The van der Waals surface area contributed by atoms with Gasteiger partial charge >= 0.3 is 5.97 Å². The van der Waals surface area contributed by atoms with Crippen molar-refractivity contribution < 1.29 is 19.1 Å². The van der Waals surface area contributed by atoms with Crippen LogP contribution in [0.1, 0.15) is 12.8 Å². The first kappa shape index (κ1) is 12.0. The Bertz CT molecular complexity index is 545. The average Bonchev–Trinajstić information content (AvgIpc) is 2.91. The summed E-state index contributed by atoms with van der Waals surface area (Å²) in [6, 6.07) is 5.69. The van der Waals surface area contributed by atoms with Crippen molar-refractivity contribution in [1.29, 1.82) is 0 Å². The Kier molecular flexibility index (Phi) is 2.48. The Hall–Kier alpha value is -2.11. The molecule has 0 aliphatic carbocycles. The van der Waals surface area contributed by atoms with Gasteiger partial charge in [-0.25, -0.2) is 9.18 Å². The molecule has 1 aromatic carbocycles. The lowest BCUT2D eigenvalue weighted by atomic mass is 10.1. The SMILES string of the molecule is O=C1CCC2(C(=O)O)N1CCN2c1ccc(F)cc1. The van der Waals surface area contributed by atoms with Crippen LogP contribution in [0.4, 0.5) is 10.1 Å². The number of carboxylic acid groups (broad SMARTS) is 1. The van der Waals surface area contributed by atoms with E-state index in [2.05, 4.69) is 0 Å². The number of rotatable bonds is 2. The largest absolute Gasteiger partial charge is 0.478 e. The molecule has 2 aliphatic heterocycles. The summed E-state index contributed by atoms with van der Waals surface area (Å²) in [7, 11) is 0. The molecule has 0 aromatic heterocycles. The van der Waals surface area contributed by atoms with Gasteiger partial charge in [-0.15, -0.1) is 0 Å². The predicted octanol–water partition coefficient (Wildman–Crippen LogP) is 1.05. The standard InChI is InChI=1S/C13H13FN2O3/c14-9-1-3-10(4-2-9)15-7-8-16-11(17)5-6-13(15,16)12(18)19/h1-4H,5-8H2,(H,18,19). The average molecular weight is 264 g/mol. The zero-order valence-electron chi connectivity index (χ0n) is 10.2. The van der Waals surface area contributed by atoms with Gasteiger partial charge in [0.15, 0.2) is 0 Å². The van der Waals surface area contributed by atoms with Gasteiger partial charge in [0, 0.05) is 31.6 Å². The molecule has 1 amide bonds. The Morgan fingerprint density at radius 2 is 1.84 bits per heavy atom. The zero-order chi connectivity index (χ0) is 13.6. The summed E-state index contributed by atoms with van der Waals surface area (Å²) in [4.78, 5) is 26.6. The fourth-order valence-corrected chi connectivity index (χ4v) is 3.03. The molecule has 1 aromatic rings. The number of halogens is 1. The third kappa shape index (κ3) is 1.52. The van der Waals surface area contributed by atoms with Gasteiger partial charge in [-0.3, -0.25) is 4.79 Å². The minimum atomic E-state index is -1.30. The van der Waals surface area contributed by atoms with Gasteiger partial charge in [-0.1, -0.05) is 0 Å². The summed E-state index contributed by atoms with van der Waals surface area (Å²) in [5.41, 5.74) is -0.671. The molecule has 5 nitrogen and oxygen atoms in total. The van der Waals surface area contributed by atoms with E-state index < -0.39 is 11.6 Å². The van der Waals surface area contributed by atoms with Crippen molar-refractivity contribution in [2.24, 2.45) is 0 Å². The van der Waals surface area contributed by atoms with Gasteiger partial charge in [0.2, 0.25) is 11.6 Å². The van der Waals surface area contributed by atoms with Crippen LogP contribution < -0.4 is 4.90 Å². The second kappa shape index (κ2) is 3.94. The zero-order valence-corrected chi connectivity index (χ0v) is 10.2. The van der Waals surface area contributed by atoms with Crippen molar-refractivity contribution in [2.75, 3.05) is 18.0 Å². The van der Waals surface area contributed by atoms with Crippen molar-refractivity contribution in [3.05, 3.63) is 30.1 Å². The number of carbonyl (C=O) groups excluding carboxylic acids is 1. The lowest BCUT2D eigenvalue weighted by Gasteiger charge is -2.36. The molecule has 0 bridgehead atoms. The van der Waals surface area contributed by atoms with E-state index >= 15 is 0 Å². The summed E-state index contributed by atoms with van der Waals surface area (Å²) < 4.78 is 13.0. The van der Waals surface area contributed by atoms with E-state index in [1.807, 2.05) is 0 Å². The molecule has 2 aliphatic rings. The van der Waals surface area contributed by atoms with E-state index in [9.17, 15) is 19.1 Å². The normalized spacial score (nSPS) is 25.8. The van der Waals surface area contributed by atoms with Crippen LogP contribution in [0.2, 0.25) is 0 Å². The van der Waals surface area contributed by atoms with Gasteiger partial charge < -0.3 is 14.9 Å². The third-order valence-corrected chi connectivity index (χ3v) is 3.91. The monoisotopic (exact) mass is 264 g/mol. The minimum absolute atomic E-state index is 0.132. The topological polar surface area (TPSA) is 60.9 Å². The summed E-state index contributed by atoms with van der Waals surface area (Å²) in [6.45, 7) is 0.839. The van der Waals surface area contributed by atoms with E-state index in [1.54, 1.807) is 17.0 Å². The minimum Gasteiger partial charge on any atom is -0.478 e. The Labute approximate surface area is 109 Å². The van der Waals surface area contributed by atoms with Crippen LogP contribution in [0.15, 0.2) is 24.3 Å². The van der Waals surface area contributed by atoms with Crippen LogP contribution >= 0.6 is 0 Å². The summed E-state index contributed by atoms with van der Waals surface area (Å²) >= 11 is 0. The van der Waals surface area contributed by atoms with Crippen molar-refractivity contribution in [3.63, 3.8) is 0 Å². The molecular formula is C13H13FN2O3. The number of nitrogens with zero attached hydrogens (tertiary/aromatic N) is 2. The van der Waals surface area contributed by atoms with Crippen molar-refractivity contribution in [1.82, 2.24) is 4.90 Å². The van der Waals surface area contributed by atoms with Crippen LogP contribution in [0, 0.1) is 5.82 Å². The maximum Gasteiger partial charge on any atom is 0.350 e. The first-order chi connectivity index (χ1) is 9.05. The lowest BCUT2D eigenvalue weighted by Crippen LogP contribution is -2.57. The Balaban J connectivity index is 2.04. The Morgan fingerprint density at radius 3 is 2.47 bits per heavy atom. The van der Waals surface area contributed by atoms with E-state index in [0.717, 1.165) is 0 Å². The highest BCUT2D eigenvalue weighted by Crippen LogP contribution is 2.40. The first-order valence-corrected chi connectivity index (χ1v) is 6.13. The highest BCUT2D eigenvalue weighted by Gasteiger charge is 2.59. The summed E-state index contributed by atoms with van der Waals surface area (Å²) in [5.74, 6) is -1.53. The highest BCUT2D eigenvalue weighted by atomic mass is 19.1. The van der Waals surface area contributed by atoms with Crippen LogP contribution in [0.5, 0.6) is 0 Å². The number of hydrogen-bond donors (Lipinski definition) is 1. The number of amides is 1. The molecule has 0 radical (unpaired) electrons. The van der Waals surface area contributed by atoms with Crippen LogP contribution in [-0.4, -0.2) is 40.6 Å². The second-order valence-electron chi connectivity index (χ2n) is 4.80. The smallest absolute Gasteiger partial charge is 0.350 e. The predicted molar refractivity (Wildman–Crippen MR) is 65.1 cm³/mol. The first-order valence-electron chi connectivity index (χ1n) is 6.13. The lowest BCUT2D eigenvalue weighted by molar-refractivity contribution is -0.151. The maximum atomic E-state index is 13.0. The van der Waals surface area contributed by atoms with Crippen LogP contribution in [-0.2, 0) is 9.59 Å². The number of carboxylic acids is 1. The molecule has 6 heteroatoms. The quantitative estimate of drug-likeness (QED) is 0.867. The fraction of sp³-hybridized carbons (Fsp3) is 0.385. The van der Waals surface area contributed by atoms with E-state index in [1.165, 1.54) is 17.0 Å². The van der Waals surface area contributed by atoms with Crippen LogP contribution in [0.3, 0.4) is 0 Å². The van der Waals surface area contributed by atoms with E-state index in [0.29, 0.717) is 18.8 Å². The number of anilines is 1. The van der Waals surface area contributed by atoms with Crippen molar-refractivity contribution in [2.45, 2.75) is 18.5 Å². The molecule has 0 saturated carbocycles. The van der Waals surface area contributed by atoms with Crippen molar-refractivity contribution in [3.8, 4) is 0 Å². The molecule has 1 unspecified atom stereocenters. The summed E-state index contributed by atoms with van der Waals surface area (Å²) in [5, 5.41) is 9.57. The molecule has 1 N–H and O–H groups in total. The van der Waals surface area contributed by atoms with Gasteiger partial charge in [-0.05, 0) is 24.3 Å². The van der Waals surface area contributed by atoms with Crippen molar-refractivity contribution >= 4 is 17.6 Å². The molecule has 2 fully saturated rings. The van der Waals surface area contributed by atoms with E-state index in [4.69, 9.17) is 0 Å². The molecule has 1 atom stereocenters. The maximum absolute atomic E-state index is 13.0. The molecule has 100 valence electrons. The molecule has 2 heterocycles. The number of benzene rings is 1. The Morgan fingerprint density at radius 1 is 1.21 bits per heavy atom. The molecule has 19 heavy (non-hydrogen) atoms. The van der Waals surface area contributed by atoms with Gasteiger partial charge in [0.1, 0.15) is 5.82 Å². The molecule has 0 spiro atoms. The van der Waals surface area contributed by atoms with Crippen LogP contribution in [0.25, 0.3) is 0 Å². The molecule has 3 rings (SSSR count). The number of carbonyl (C=O) groups is 2. The molecular weight excluding hydrogens is 251 g/mol. The molecule has 2 saturated heterocycles. The number of aliphatic carboxylic acids is 1. The van der Waals surface area contributed by atoms with Gasteiger partial charge in [0.25, 0.3) is 0 Å². The van der Waals surface area contributed by atoms with Gasteiger partial charge in [-0.2, -0.15) is 0 Å². The van der Waals surface area contributed by atoms with Gasteiger partial charge in [0.05, 0.1) is 0 Å². The second-order valence-corrected chi connectivity index (χ2v) is 4.80. The van der Waals surface area contributed by atoms with E-state index in [-0.39, 0.29) is 24.6 Å². The highest BCUT2D eigenvalue weighted by molar-refractivity contribution is 5.94. The third-order valence-electron chi connectivity index (χ3n) is 3.91. The number of fused-ring (bicyclic) bond motifs is 1. The fourth-order valence-electron chi connectivity index (χ4n) is 3.03. The number of hydrogen-bond acceptors (Lipinski definition) is 3.